The molecule has 0 N–H and O–H groups in total. The SMILES string of the molecule is Cc1cnc2c(ccn2[Si](C(C)C)(C(C)C)C(C)C)c1C(=O)C1CCC(CS(=O)(=O)N(C)C(=O)OC(C)(C)C)CC1. The van der Waals surface area contributed by atoms with Crippen molar-refractivity contribution in [2.45, 2.75) is 117 Å². The molecule has 0 atom stereocenters. The summed E-state index contributed by atoms with van der Waals surface area (Å²) in [5.74, 6) is -0.265. The Labute approximate surface area is 248 Å². The van der Waals surface area contributed by atoms with Gasteiger partial charge in [0.2, 0.25) is 10.0 Å². The molecule has 0 radical (unpaired) electrons. The molecule has 3 rings (SSSR count). The van der Waals surface area contributed by atoms with Crippen LogP contribution in [-0.4, -0.2) is 60.5 Å². The van der Waals surface area contributed by atoms with Crippen molar-refractivity contribution in [1.29, 1.82) is 0 Å². The van der Waals surface area contributed by atoms with Crippen LogP contribution in [0.15, 0.2) is 18.5 Å². The maximum Gasteiger partial charge on any atom is 0.423 e. The van der Waals surface area contributed by atoms with Crippen LogP contribution in [0.5, 0.6) is 0 Å². The van der Waals surface area contributed by atoms with Crippen LogP contribution < -0.4 is 0 Å². The quantitative estimate of drug-likeness (QED) is 0.216. The first-order chi connectivity index (χ1) is 18.8. The fourth-order valence-electron chi connectivity index (χ4n) is 7.30. The van der Waals surface area contributed by atoms with Gasteiger partial charge in [-0.1, -0.05) is 41.5 Å². The lowest BCUT2D eigenvalue weighted by atomic mass is 9.78. The van der Waals surface area contributed by atoms with E-state index in [1.54, 1.807) is 20.8 Å². The topological polar surface area (TPSA) is 98.6 Å². The van der Waals surface area contributed by atoms with E-state index in [0.29, 0.717) is 46.6 Å². The van der Waals surface area contributed by atoms with Crippen molar-refractivity contribution in [3.05, 3.63) is 29.6 Å². The van der Waals surface area contributed by atoms with Gasteiger partial charge in [0, 0.05) is 30.1 Å². The number of aryl methyl sites for hydroxylation is 1. The average molecular weight is 606 g/mol. The summed E-state index contributed by atoms with van der Waals surface area (Å²) in [6.07, 6.45) is 5.64. The van der Waals surface area contributed by atoms with Gasteiger partial charge in [0.1, 0.15) is 11.2 Å². The minimum Gasteiger partial charge on any atom is -0.443 e. The summed E-state index contributed by atoms with van der Waals surface area (Å²) < 4.78 is 34.3. The number of pyridine rings is 1. The molecule has 1 amide bonds. The van der Waals surface area contributed by atoms with Crippen molar-refractivity contribution in [2.24, 2.45) is 11.8 Å². The van der Waals surface area contributed by atoms with Gasteiger partial charge >= 0.3 is 6.09 Å². The summed E-state index contributed by atoms with van der Waals surface area (Å²) in [4.78, 5) is 31.2. The first kappa shape index (κ1) is 33.3. The van der Waals surface area contributed by atoms with Crippen LogP contribution in [0.25, 0.3) is 11.0 Å². The van der Waals surface area contributed by atoms with Crippen LogP contribution in [0.2, 0.25) is 16.6 Å². The highest BCUT2D eigenvalue weighted by atomic mass is 32.2. The number of rotatable bonds is 9. The van der Waals surface area contributed by atoms with Crippen LogP contribution in [-0.2, 0) is 14.8 Å². The number of ether oxygens (including phenoxy) is 1. The Balaban J connectivity index is 1.82. The molecule has 230 valence electrons. The summed E-state index contributed by atoms with van der Waals surface area (Å²) >= 11 is 0. The van der Waals surface area contributed by atoms with E-state index in [1.807, 2.05) is 13.1 Å². The highest BCUT2D eigenvalue weighted by Gasteiger charge is 2.46. The minimum absolute atomic E-state index is 0.108. The third kappa shape index (κ3) is 6.58. The van der Waals surface area contributed by atoms with E-state index in [9.17, 15) is 18.0 Å². The number of hydrogen-bond acceptors (Lipinski definition) is 6. The highest BCUT2D eigenvalue weighted by Crippen LogP contribution is 2.44. The summed E-state index contributed by atoms with van der Waals surface area (Å²) in [5.41, 5.74) is 3.28. The van der Waals surface area contributed by atoms with Gasteiger partial charge in [0.15, 0.2) is 14.0 Å². The largest absolute Gasteiger partial charge is 0.443 e. The van der Waals surface area contributed by atoms with Crippen molar-refractivity contribution in [3.63, 3.8) is 0 Å². The monoisotopic (exact) mass is 605 g/mol. The third-order valence-corrected chi connectivity index (χ3v) is 17.7. The van der Waals surface area contributed by atoms with Gasteiger partial charge in [-0.15, -0.1) is 0 Å². The Morgan fingerprint density at radius 1 is 1.05 bits per heavy atom. The van der Waals surface area contributed by atoms with E-state index in [1.165, 1.54) is 7.05 Å². The van der Waals surface area contributed by atoms with Crippen molar-refractivity contribution in [3.8, 4) is 0 Å². The number of sulfonamides is 1. The molecule has 0 aromatic carbocycles. The molecule has 0 saturated heterocycles. The molecular weight excluding hydrogens is 555 g/mol. The van der Waals surface area contributed by atoms with Gasteiger partial charge in [-0.05, 0) is 93.7 Å². The van der Waals surface area contributed by atoms with E-state index < -0.39 is 30.0 Å². The Hall–Kier alpha value is -2.20. The zero-order chi connectivity index (χ0) is 31.1. The number of hydrogen-bond donors (Lipinski definition) is 0. The van der Waals surface area contributed by atoms with Gasteiger partial charge in [0.25, 0.3) is 0 Å². The number of aromatic nitrogens is 2. The van der Waals surface area contributed by atoms with Gasteiger partial charge in [0.05, 0.1) is 5.75 Å². The maximum absolute atomic E-state index is 14.0. The van der Waals surface area contributed by atoms with Gasteiger partial charge in [-0.3, -0.25) is 4.79 Å². The minimum atomic E-state index is -3.82. The van der Waals surface area contributed by atoms with Crippen molar-refractivity contribution < 1.29 is 22.7 Å². The Morgan fingerprint density at radius 2 is 1.59 bits per heavy atom. The number of amides is 1. The molecule has 1 saturated carbocycles. The summed E-state index contributed by atoms with van der Waals surface area (Å²) in [6.45, 7) is 21.0. The lowest BCUT2D eigenvalue weighted by molar-refractivity contribution is 0.0420. The fourth-order valence-corrected chi connectivity index (χ4v) is 15.3. The number of fused-ring (bicyclic) bond motifs is 1. The maximum atomic E-state index is 14.0. The highest BCUT2D eigenvalue weighted by molar-refractivity contribution is 7.89. The second kappa shape index (κ2) is 12.2. The summed E-state index contributed by atoms with van der Waals surface area (Å²) in [7, 11) is -4.62. The average Bonchev–Trinajstić information content (AvgIpc) is 3.26. The Bertz CT molecular complexity index is 1340. The number of Topliss-reactive ketones (excluding diaryl/α,β-unsaturated/α-hetero) is 1. The molecule has 41 heavy (non-hydrogen) atoms. The van der Waals surface area contributed by atoms with Crippen molar-refractivity contribution >= 4 is 41.2 Å². The van der Waals surface area contributed by atoms with Crippen LogP contribution in [0, 0.1) is 18.8 Å². The molecule has 0 spiro atoms. The van der Waals surface area contributed by atoms with E-state index >= 15 is 0 Å². The molecule has 0 bridgehead atoms. The molecule has 2 aromatic rings. The third-order valence-electron chi connectivity index (χ3n) is 9.07. The second-order valence-electron chi connectivity index (χ2n) is 13.9. The van der Waals surface area contributed by atoms with Gasteiger partial charge in [-0.2, -0.15) is 0 Å². The Kier molecular flexibility index (Phi) is 9.90. The molecule has 0 aliphatic heterocycles. The number of ketones is 1. The number of nitrogens with zero attached hydrogens (tertiary/aromatic N) is 3. The van der Waals surface area contributed by atoms with Crippen molar-refractivity contribution in [1.82, 2.24) is 13.5 Å². The molecular formula is C31H51N3O5SSi. The standard InChI is InChI=1S/C31H51N3O5SSi/c1-20(2)41(21(3)4,22(5)6)34-17-16-26-27(23(7)18-32-29(26)34)28(35)25-14-12-24(13-15-25)19-40(37,38)33(11)30(36)39-31(8,9)10/h16-18,20-22,24-25H,12-15,19H2,1-11H3. The lowest BCUT2D eigenvalue weighted by Crippen LogP contribution is -2.51. The van der Waals surface area contributed by atoms with E-state index in [-0.39, 0.29) is 23.4 Å². The zero-order valence-corrected chi connectivity index (χ0v) is 28.8. The molecule has 2 heterocycles. The van der Waals surface area contributed by atoms with Crippen LogP contribution >= 0.6 is 0 Å². The predicted octanol–water partition coefficient (Wildman–Crippen LogP) is 7.55. The molecule has 1 aliphatic rings. The summed E-state index contributed by atoms with van der Waals surface area (Å²) in [6, 6.07) is 2.09. The van der Waals surface area contributed by atoms with E-state index in [0.717, 1.165) is 22.2 Å². The summed E-state index contributed by atoms with van der Waals surface area (Å²) in [5, 5.41) is 0.928. The first-order valence-electron chi connectivity index (χ1n) is 15.0. The number of carbonyl (C=O) groups excluding carboxylic acids is 2. The predicted molar refractivity (Wildman–Crippen MR) is 168 cm³/mol. The first-order valence-corrected chi connectivity index (χ1v) is 18.8. The van der Waals surface area contributed by atoms with E-state index in [2.05, 4.69) is 58.0 Å². The molecule has 2 aromatic heterocycles. The van der Waals surface area contributed by atoms with E-state index in [4.69, 9.17) is 9.72 Å². The fraction of sp³-hybridized carbons (Fsp3) is 0.710. The zero-order valence-electron chi connectivity index (χ0n) is 26.9. The number of carbonyl (C=O) groups is 2. The molecule has 10 heteroatoms. The Morgan fingerprint density at radius 3 is 2.07 bits per heavy atom. The molecule has 8 nitrogen and oxygen atoms in total. The van der Waals surface area contributed by atoms with Crippen LogP contribution in [0.3, 0.4) is 0 Å². The van der Waals surface area contributed by atoms with Crippen molar-refractivity contribution in [2.75, 3.05) is 12.8 Å². The molecule has 1 aliphatic carbocycles. The van der Waals surface area contributed by atoms with Crippen LogP contribution in [0.4, 0.5) is 4.79 Å². The molecule has 0 unspecified atom stereocenters. The second-order valence-corrected chi connectivity index (χ2v) is 21.7. The smallest absolute Gasteiger partial charge is 0.423 e. The van der Waals surface area contributed by atoms with Gasteiger partial charge < -0.3 is 8.97 Å². The van der Waals surface area contributed by atoms with Gasteiger partial charge in [-0.25, -0.2) is 22.5 Å². The molecule has 1 fully saturated rings. The normalized spacial score (nSPS) is 18.9. The lowest BCUT2D eigenvalue weighted by Gasteiger charge is -2.44. The van der Waals surface area contributed by atoms with Crippen LogP contribution in [0.1, 0.15) is 104 Å².